The van der Waals surface area contributed by atoms with Crippen LogP contribution in [0, 0.1) is 0 Å². The summed E-state index contributed by atoms with van der Waals surface area (Å²) < 4.78 is 36.8. The largest absolute Gasteiger partial charge is 0.435 e. The molecule has 0 radical (unpaired) electrons. The molecule has 4 rings (SSSR count). The quantitative estimate of drug-likeness (QED) is 0.579. The number of fused-ring (bicyclic) bond motifs is 1. The third-order valence-corrected chi connectivity index (χ3v) is 5.42. The van der Waals surface area contributed by atoms with Gasteiger partial charge < -0.3 is 19.9 Å². The van der Waals surface area contributed by atoms with Crippen molar-refractivity contribution >= 4 is 16.9 Å². The van der Waals surface area contributed by atoms with Crippen LogP contribution in [0.4, 0.5) is 8.78 Å². The summed E-state index contributed by atoms with van der Waals surface area (Å²) in [5.74, 6) is -0.349. The van der Waals surface area contributed by atoms with E-state index in [1.165, 1.54) is 18.3 Å². The fourth-order valence-corrected chi connectivity index (χ4v) is 3.73. The molecule has 0 bridgehead atoms. The van der Waals surface area contributed by atoms with Crippen molar-refractivity contribution in [2.24, 2.45) is 0 Å². The van der Waals surface area contributed by atoms with E-state index in [2.05, 4.69) is 20.1 Å². The van der Waals surface area contributed by atoms with E-state index in [9.17, 15) is 18.7 Å². The number of hydrogen-bond acceptors (Lipinski definition) is 6. The van der Waals surface area contributed by atoms with E-state index in [0.717, 1.165) is 0 Å². The first-order valence-electron chi connectivity index (χ1n) is 10.3. The molecule has 8 nitrogen and oxygen atoms in total. The number of pyridine rings is 1. The molecule has 0 spiro atoms. The van der Waals surface area contributed by atoms with Crippen LogP contribution >= 0.6 is 0 Å². The Morgan fingerprint density at radius 3 is 2.84 bits per heavy atom. The Hall–Kier alpha value is -3.11. The standard InChI is InChI=1S/C22H24F2N4O4/c1-13(2)28-17-9-15(20(30)26-22(11-29)6-7-31-12-22)10-25-19(17)18(27-28)14-4-3-5-16(8-14)32-21(23)24/h3-5,8-10,13,21,29H,6-7,11-12H2,1-2H3,(H,26,30). The summed E-state index contributed by atoms with van der Waals surface area (Å²) in [4.78, 5) is 17.3. The van der Waals surface area contributed by atoms with Gasteiger partial charge >= 0.3 is 6.61 Å². The van der Waals surface area contributed by atoms with Gasteiger partial charge in [0, 0.05) is 24.4 Å². The van der Waals surface area contributed by atoms with E-state index >= 15 is 0 Å². The van der Waals surface area contributed by atoms with Gasteiger partial charge in [0.15, 0.2) is 0 Å². The van der Waals surface area contributed by atoms with Gasteiger partial charge in [-0.3, -0.25) is 14.5 Å². The number of halogens is 2. The third-order valence-electron chi connectivity index (χ3n) is 5.42. The van der Waals surface area contributed by atoms with Gasteiger partial charge in [0.05, 0.1) is 29.8 Å². The van der Waals surface area contributed by atoms with Crippen molar-refractivity contribution in [1.82, 2.24) is 20.1 Å². The Morgan fingerprint density at radius 1 is 1.38 bits per heavy atom. The molecule has 1 aliphatic heterocycles. The molecule has 1 unspecified atom stereocenters. The monoisotopic (exact) mass is 446 g/mol. The van der Waals surface area contributed by atoms with E-state index in [1.54, 1.807) is 22.9 Å². The van der Waals surface area contributed by atoms with Crippen molar-refractivity contribution in [3.8, 4) is 17.0 Å². The summed E-state index contributed by atoms with van der Waals surface area (Å²) in [6.45, 7) is 1.44. The third kappa shape index (κ3) is 4.28. The lowest BCUT2D eigenvalue weighted by atomic mass is 9.99. The predicted molar refractivity (Wildman–Crippen MR) is 113 cm³/mol. The lowest BCUT2D eigenvalue weighted by Gasteiger charge is -2.26. The molecule has 0 saturated carbocycles. The number of aliphatic hydroxyl groups is 1. The highest BCUT2D eigenvalue weighted by Crippen LogP contribution is 2.31. The smallest absolute Gasteiger partial charge is 0.387 e. The first-order valence-corrected chi connectivity index (χ1v) is 10.3. The average Bonchev–Trinajstić information content (AvgIpc) is 3.38. The molecule has 2 N–H and O–H groups in total. The number of amides is 1. The van der Waals surface area contributed by atoms with E-state index in [4.69, 9.17) is 4.74 Å². The van der Waals surface area contributed by atoms with Gasteiger partial charge in [-0.1, -0.05) is 12.1 Å². The molecule has 10 heteroatoms. The van der Waals surface area contributed by atoms with Crippen molar-refractivity contribution in [3.05, 3.63) is 42.1 Å². The van der Waals surface area contributed by atoms with Gasteiger partial charge in [0.25, 0.3) is 5.91 Å². The number of carbonyl (C=O) groups excluding carboxylic acids is 1. The second-order valence-corrected chi connectivity index (χ2v) is 8.08. The van der Waals surface area contributed by atoms with Gasteiger partial charge in [0.1, 0.15) is 17.0 Å². The van der Waals surface area contributed by atoms with Crippen LogP contribution < -0.4 is 10.1 Å². The lowest BCUT2D eigenvalue weighted by molar-refractivity contribution is -0.0498. The normalized spacial score (nSPS) is 18.6. The highest BCUT2D eigenvalue weighted by Gasteiger charge is 2.36. The Balaban J connectivity index is 1.72. The summed E-state index contributed by atoms with van der Waals surface area (Å²) in [5.41, 5.74) is 1.74. The van der Waals surface area contributed by atoms with Crippen molar-refractivity contribution in [3.63, 3.8) is 0 Å². The van der Waals surface area contributed by atoms with Gasteiger partial charge in [0.2, 0.25) is 0 Å². The SMILES string of the molecule is CC(C)n1nc(-c2cccc(OC(F)F)c2)c2ncc(C(=O)NC3(CO)CCOC3)cc21. The Morgan fingerprint density at radius 2 is 2.19 bits per heavy atom. The summed E-state index contributed by atoms with van der Waals surface area (Å²) in [6.07, 6.45) is 1.96. The van der Waals surface area contributed by atoms with Crippen molar-refractivity contribution in [1.29, 1.82) is 0 Å². The molecular formula is C22H24F2N4O4. The second kappa shape index (κ2) is 8.79. The fourth-order valence-electron chi connectivity index (χ4n) is 3.73. The predicted octanol–water partition coefficient (Wildman–Crippen LogP) is 3.16. The molecule has 2 aromatic heterocycles. The number of alkyl halides is 2. The van der Waals surface area contributed by atoms with Crippen molar-refractivity contribution in [2.75, 3.05) is 19.8 Å². The minimum Gasteiger partial charge on any atom is -0.435 e. The zero-order chi connectivity index (χ0) is 22.9. The van der Waals surface area contributed by atoms with Crippen LogP contribution in [0.1, 0.15) is 36.7 Å². The van der Waals surface area contributed by atoms with E-state index in [-0.39, 0.29) is 30.9 Å². The summed E-state index contributed by atoms with van der Waals surface area (Å²) in [6, 6.07) is 7.90. The Bertz CT molecular complexity index is 1130. The van der Waals surface area contributed by atoms with E-state index in [1.807, 2.05) is 13.8 Å². The van der Waals surface area contributed by atoms with Crippen molar-refractivity contribution in [2.45, 2.75) is 38.5 Å². The van der Waals surface area contributed by atoms with Crippen LogP contribution in [-0.4, -0.2) is 57.7 Å². The molecule has 1 saturated heterocycles. The van der Waals surface area contributed by atoms with E-state index in [0.29, 0.717) is 40.9 Å². The van der Waals surface area contributed by atoms with Crippen LogP contribution in [0.3, 0.4) is 0 Å². The molecule has 32 heavy (non-hydrogen) atoms. The summed E-state index contributed by atoms with van der Waals surface area (Å²) >= 11 is 0. The molecule has 170 valence electrons. The van der Waals surface area contributed by atoms with Crippen molar-refractivity contribution < 1.29 is 28.2 Å². The molecule has 3 heterocycles. The van der Waals surface area contributed by atoms with Gasteiger partial charge in [-0.2, -0.15) is 13.9 Å². The summed E-state index contributed by atoms with van der Waals surface area (Å²) in [5, 5.41) is 17.2. The number of benzene rings is 1. The topological polar surface area (TPSA) is 98.5 Å². The Kier molecular flexibility index (Phi) is 6.07. The molecule has 1 aromatic carbocycles. The minimum atomic E-state index is -2.93. The summed E-state index contributed by atoms with van der Waals surface area (Å²) in [7, 11) is 0. The number of rotatable bonds is 7. The Labute approximate surface area is 183 Å². The van der Waals surface area contributed by atoms with Crippen LogP contribution in [0.25, 0.3) is 22.3 Å². The minimum absolute atomic E-state index is 0.0221. The molecule has 1 amide bonds. The second-order valence-electron chi connectivity index (χ2n) is 8.08. The fraction of sp³-hybridized carbons (Fsp3) is 0.409. The molecule has 0 aliphatic carbocycles. The zero-order valence-electron chi connectivity index (χ0n) is 17.7. The maximum atomic E-state index is 12.9. The van der Waals surface area contributed by atoms with Gasteiger partial charge in [-0.25, -0.2) is 0 Å². The van der Waals surface area contributed by atoms with E-state index < -0.39 is 12.2 Å². The first-order chi connectivity index (χ1) is 15.3. The molecule has 1 aliphatic rings. The van der Waals surface area contributed by atoms with Gasteiger partial charge in [-0.05, 0) is 38.5 Å². The zero-order valence-corrected chi connectivity index (χ0v) is 17.7. The average molecular weight is 446 g/mol. The van der Waals surface area contributed by atoms with Crippen LogP contribution in [-0.2, 0) is 4.74 Å². The molecular weight excluding hydrogens is 422 g/mol. The number of nitrogens with zero attached hydrogens (tertiary/aromatic N) is 3. The number of aromatic nitrogens is 3. The maximum absolute atomic E-state index is 12.9. The highest BCUT2D eigenvalue weighted by atomic mass is 19.3. The van der Waals surface area contributed by atoms with Crippen LogP contribution in [0.15, 0.2) is 36.5 Å². The number of aliphatic hydroxyl groups excluding tert-OH is 1. The van der Waals surface area contributed by atoms with Crippen LogP contribution in [0.2, 0.25) is 0 Å². The number of ether oxygens (including phenoxy) is 2. The number of hydrogen-bond donors (Lipinski definition) is 2. The maximum Gasteiger partial charge on any atom is 0.387 e. The number of carbonyl (C=O) groups is 1. The number of nitrogens with one attached hydrogen (secondary N) is 1. The lowest BCUT2D eigenvalue weighted by Crippen LogP contribution is -2.52. The molecule has 1 fully saturated rings. The molecule has 1 atom stereocenters. The first kappa shape index (κ1) is 22.1. The molecule has 3 aromatic rings. The van der Waals surface area contributed by atoms with Gasteiger partial charge in [-0.15, -0.1) is 0 Å². The van der Waals surface area contributed by atoms with Crippen LogP contribution in [0.5, 0.6) is 5.75 Å². The highest BCUT2D eigenvalue weighted by molar-refractivity contribution is 5.99.